The van der Waals surface area contributed by atoms with Crippen LogP contribution in [0.1, 0.15) is 23.2 Å². The molecule has 6 nitrogen and oxygen atoms in total. The maximum Gasteiger partial charge on any atom is 0.253 e. The predicted molar refractivity (Wildman–Crippen MR) is 103 cm³/mol. The molecule has 1 fully saturated rings. The molecule has 0 spiro atoms. The summed E-state index contributed by atoms with van der Waals surface area (Å²) in [5.74, 6) is -1.37. The zero-order chi connectivity index (χ0) is 21.0. The Morgan fingerprint density at radius 2 is 1.69 bits per heavy atom. The van der Waals surface area contributed by atoms with Crippen molar-refractivity contribution >= 4 is 17.5 Å². The molecule has 29 heavy (non-hydrogen) atoms. The fourth-order valence-corrected chi connectivity index (χ4v) is 3.32. The van der Waals surface area contributed by atoms with Gasteiger partial charge in [0.15, 0.2) is 11.5 Å². The van der Waals surface area contributed by atoms with Crippen molar-refractivity contribution in [2.75, 3.05) is 32.6 Å². The van der Waals surface area contributed by atoms with Crippen molar-refractivity contribution in [2.45, 2.75) is 12.8 Å². The third kappa shape index (κ3) is 4.64. The largest absolute Gasteiger partial charge is 0.493 e. The number of carbonyl (C=O) groups excluding carboxylic acids is 2. The minimum atomic E-state index is -0.820. The smallest absolute Gasteiger partial charge is 0.253 e. The van der Waals surface area contributed by atoms with Gasteiger partial charge in [-0.1, -0.05) is 0 Å². The summed E-state index contributed by atoms with van der Waals surface area (Å²) in [5, 5.41) is 2.50. The molecule has 1 saturated heterocycles. The third-order valence-corrected chi connectivity index (χ3v) is 4.97. The van der Waals surface area contributed by atoms with E-state index in [1.165, 1.54) is 20.3 Å². The highest BCUT2D eigenvalue weighted by Gasteiger charge is 2.28. The summed E-state index contributed by atoms with van der Waals surface area (Å²) in [6.45, 7) is 0.800. The van der Waals surface area contributed by atoms with E-state index >= 15 is 0 Å². The van der Waals surface area contributed by atoms with Crippen molar-refractivity contribution in [2.24, 2.45) is 5.92 Å². The van der Waals surface area contributed by atoms with E-state index in [9.17, 15) is 18.4 Å². The van der Waals surface area contributed by atoms with Crippen LogP contribution in [0.2, 0.25) is 0 Å². The second-order valence-corrected chi connectivity index (χ2v) is 6.75. The Morgan fingerprint density at radius 1 is 1.00 bits per heavy atom. The number of nitrogens with zero attached hydrogens (tertiary/aromatic N) is 1. The van der Waals surface area contributed by atoms with E-state index in [1.54, 1.807) is 23.1 Å². The highest BCUT2D eigenvalue weighted by Crippen LogP contribution is 2.29. The summed E-state index contributed by atoms with van der Waals surface area (Å²) in [7, 11) is 3.02. The normalized spacial score (nSPS) is 14.4. The first-order valence-corrected chi connectivity index (χ1v) is 9.20. The van der Waals surface area contributed by atoms with E-state index in [0.29, 0.717) is 43.0 Å². The average molecular weight is 404 g/mol. The Hall–Kier alpha value is -3.16. The summed E-state index contributed by atoms with van der Waals surface area (Å²) in [6.07, 6.45) is 0.904. The van der Waals surface area contributed by atoms with Crippen molar-refractivity contribution in [1.82, 2.24) is 4.90 Å². The maximum atomic E-state index is 13.7. The standard InChI is InChI=1S/C21H22F2N2O4/c1-28-18-6-3-14(11-19(18)29-2)21(27)25-9-7-13(8-10-25)20(26)24-17-5-4-15(22)12-16(17)23/h3-6,11-13H,7-10H2,1-2H3,(H,24,26). The number of ether oxygens (including phenoxy) is 2. The molecule has 1 N–H and O–H groups in total. The molecule has 0 radical (unpaired) electrons. The van der Waals surface area contributed by atoms with Crippen LogP contribution in [-0.2, 0) is 4.79 Å². The minimum Gasteiger partial charge on any atom is -0.493 e. The number of piperidine rings is 1. The number of methoxy groups -OCH3 is 2. The van der Waals surface area contributed by atoms with Gasteiger partial charge in [-0.25, -0.2) is 8.78 Å². The maximum absolute atomic E-state index is 13.7. The molecular formula is C21H22F2N2O4. The van der Waals surface area contributed by atoms with E-state index in [4.69, 9.17) is 9.47 Å². The van der Waals surface area contributed by atoms with Crippen molar-refractivity contribution in [1.29, 1.82) is 0 Å². The lowest BCUT2D eigenvalue weighted by molar-refractivity contribution is -0.121. The Labute approximate surface area is 167 Å². The lowest BCUT2D eigenvalue weighted by atomic mass is 9.95. The number of anilines is 1. The molecule has 0 saturated carbocycles. The molecule has 2 aromatic carbocycles. The SMILES string of the molecule is COc1ccc(C(=O)N2CCC(C(=O)Nc3ccc(F)cc3F)CC2)cc1OC. The van der Waals surface area contributed by atoms with Crippen molar-refractivity contribution in [3.05, 3.63) is 53.6 Å². The van der Waals surface area contributed by atoms with Crippen molar-refractivity contribution in [3.8, 4) is 11.5 Å². The van der Waals surface area contributed by atoms with Gasteiger partial charge in [0.2, 0.25) is 5.91 Å². The molecule has 1 aliphatic heterocycles. The van der Waals surface area contributed by atoms with E-state index in [2.05, 4.69) is 5.32 Å². The number of hydrogen-bond donors (Lipinski definition) is 1. The van der Waals surface area contributed by atoms with Gasteiger partial charge in [-0.3, -0.25) is 9.59 Å². The first-order chi connectivity index (χ1) is 13.9. The lowest BCUT2D eigenvalue weighted by Gasteiger charge is -2.31. The first-order valence-electron chi connectivity index (χ1n) is 9.20. The van der Waals surface area contributed by atoms with Crippen LogP contribution in [0.3, 0.4) is 0 Å². The Morgan fingerprint density at radius 3 is 2.31 bits per heavy atom. The van der Waals surface area contributed by atoms with Gasteiger partial charge in [0.25, 0.3) is 5.91 Å². The number of hydrogen-bond acceptors (Lipinski definition) is 4. The molecule has 2 amide bonds. The fraction of sp³-hybridized carbons (Fsp3) is 0.333. The quantitative estimate of drug-likeness (QED) is 0.829. The fourth-order valence-electron chi connectivity index (χ4n) is 3.32. The number of carbonyl (C=O) groups is 2. The zero-order valence-corrected chi connectivity index (χ0v) is 16.2. The topological polar surface area (TPSA) is 67.9 Å². The second-order valence-electron chi connectivity index (χ2n) is 6.75. The molecular weight excluding hydrogens is 382 g/mol. The van der Waals surface area contributed by atoms with E-state index in [1.807, 2.05) is 0 Å². The lowest BCUT2D eigenvalue weighted by Crippen LogP contribution is -2.41. The second kappa shape index (κ2) is 8.89. The molecule has 1 heterocycles. The first kappa shape index (κ1) is 20.6. The molecule has 1 aliphatic rings. The summed E-state index contributed by atoms with van der Waals surface area (Å²) in [4.78, 5) is 26.8. The summed E-state index contributed by atoms with van der Waals surface area (Å²) >= 11 is 0. The number of rotatable bonds is 5. The van der Waals surface area contributed by atoms with Crippen LogP contribution in [0.15, 0.2) is 36.4 Å². The molecule has 0 bridgehead atoms. The van der Waals surface area contributed by atoms with Crippen LogP contribution in [0.5, 0.6) is 11.5 Å². The van der Waals surface area contributed by atoms with E-state index < -0.39 is 11.6 Å². The number of halogens is 2. The van der Waals surface area contributed by atoms with Gasteiger partial charge in [0, 0.05) is 30.6 Å². The van der Waals surface area contributed by atoms with Crippen LogP contribution in [-0.4, -0.2) is 44.0 Å². The van der Waals surface area contributed by atoms with Gasteiger partial charge in [-0.05, 0) is 43.2 Å². The van der Waals surface area contributed by atoms with E-state index in [-0.39, 0.29) is 23.4 Å². The van der Waals surface area contributed by atoms with Crippen molar-refractivity contribution in [3.63, 3.8) is 0 Å². The summed E-state index contributed by atoms with van der Waals surface area (Å²) in [6, 6.07) is 7.96. The van der Waals surface area contributed by atoms with Gasteiger partial charge in [-0.15, -0.1) is 0 Å². The van der Waals surface area contributed by atoms with Gasteiger partial charge < -0.3 is 19.7 Å². The predicted octanol–water partition coefficient (Wildman–Crippen LogP) is 3.47. The number of benzene rings is 2. The van der Waals surface area contributed by atoms with Crippen LogP contribution >= 0.6 is 0 Å². The number of likely N-dealkylation sites (tertiary alicyclic amines) is 1. The zero-order valence-electron chi connectivity index (χ0n) is 16.2. The Kier molecular flexibility index (Phi) is 6.31. The molecule has 2 aromatic rings. The summed E-state index contributed by atoms with van der Waals surface area (Å²) < 4.78 is 37.1. The highest BCUT2D eigenvalue weighted by molar-refractivity contribution is 5.96. The average Bonchev–Trinajstić information content (AvgIpc) is 2.74. The molecule has 0 aliphatic carbocycles. The third-order valence-electron chi connectivity index (χ3n) is 4.97. The van der Waals surface area contributed by atoms with Gasteiger partial charge in [0.1, 0.15) is 11.6 Å². The Bertz CT molecular complexity index is 912. The van der Waals surface area contributed by atoms with Crippen LogP contribution < -0.4 is 14.8 Å². The monoisotopic (exact) mass is 404 g/mol. The summed E-state index contributed by atoms with van der Waals surface area (Å²) in [5.41, 5.74) is 0.416. The highest BCUT2D eigenvalue weighted by atomic mass is 19.1. The number of nitrogens with one attached hydrogen (secondary N) is 1. The van der Waals surface area contributed by atoms with Crippen LogP contribution in [0, 0.1) is 17.6 Å². The van der Waals surface area contributed by atoms with Gasteiger partial charge >= 0.3 is 0 Å². The Balaban J connectivity index is 1.59. The molecule has 8 heteroatoms. The van der Waals surface area contributed by atoms with Crippen molar-refractivity contribution < 1.29 is 27.8 Å². The van der Waals surface area contributed by atoms with Crippen LogP contribution in [0.4, 0.5) is 14.5 Å². The van der Waals surface area contributed by atoms with Crippen LogP contribution in [0.25, 0.3) is 0 Å². The molecule has 0 aromatic heterocycles. The van der Waals surface area contributed by atoms with Gasteiger partial charge in [-0.2, -0.15) is 0 Å². The molecule has 0 unspecified atom stereocenters. The molecule has 3 rings (SSSR count). The molecule has 0 atom stereocenters. The number of amides is 2. The minimum absolute atomic E-state index is 0.0553. The van der Waals surface area contributed by atoms with E-state index in [0.717, 1.165) is 12.1 Å². The van der Waals surface area contributed by atoms with Gasteiger partial charge in [0.05, 0.1) is 19.9 Å². The molecule has 154 valence electrons.